The Kier molecular flexibility index (Phi) is 4.19. The molecule has 0 aliphatic heterocycles. The van der Waals surface area contributed by atoms with Crippen LogP contribution in [0.3, 0.4) is 0 Å². The smallest absolute Gasteiger partial charge is 0.342 e. The highest BCUT2D eigenvalue weighted by Crippen LogP contribution is 2.30. The zero-order valence-corrected chi connectivity index (χ0v) is 10.8. The van der Waals surface area contributed by atoms with E-state index in [9.17, 15) is 20.0 Å². The van der Waals surface area contributed by atoms with E-state index in [-0.39, 0.29) is 24.1 Å². The maximum atomic E-state index is 10.9. The van der Waals surface area contributed by atoms with Crippen molar-refractivity contribution in [2.45, 2.75) is 25.3 Å². The molecule has 7 nitrogen and oxygen atoms in total. The van der Waals surface area contributed by atoms with E-state index < -0.39 is 16.6 Å². The van der Waals surface area contributed by atoms with Crippen molar-refractivity contribution < 1.29 is 19.9 Å². The van der Waals surface area contributed by atoms with Crippen LogP contribution in [0.5, 0.6) is 0 Å². The van der Waals surface area contributed by atoms with Crippen LogP contribution < -0.4 is 5.32 Å². The third-order valence-corrected chi connectivity index (χ3v) is 3.67. The molecule has 0 aromatic heterocycles. The van der Waals surface area contributed by atoms with Gasteiger partial charge in [0.05, 0.1) is 4.92 Å². The number of nitrogens with one attached hydrogen (secondary N) is 1. The largest absolute Gasteiger partial charge is 0.477 e. The van der Waals surface area contributed by atoms with Gasteiger partial charge >= 0.3 is 5.97 Å². The van der Waals surface area contributed by atoms with Crippen molar-refractivity contribution in [3.8, 4) is 0 Å². The molecule has 0 spiro atoms. The van der Waals surface area contributed by atoms with Gasteiger partial charge in [0.25, 0.3) is 5.69 Å². The lowest BCUT2D eigenvalue weighted by molar-refractivity contribution is -0.385. The highest BCUT2D eigenvalue weighted by molar-refractivity contribution is 5.93. The number of hydrogen-bond donors (Lipinski definition) is 3. The summed E-state index contributed by atoms with van der Waals surface area (Å²) in [7, 11) is 0. The molecule has 0 bridgehead atoms. The summed E-state index contributed by atoms with van der Waals surface area (Å²) in [6, 6.07) is 4.04. The number of carbonyl (C=O) groups is 1. The Morgan fingerprint density at radius 3 is 2.80 bits per heavy atom. The topological polar surface area (TPSA) is 113 Å². The number of benzene rings is 1. The van der Waals surface area contributed by atoms with Gasteiger partial charge in [-0.25, -0.2) is 4.79 Å². The lowest BCUT2D eigenvalue weighted by Gasteiger charge is -2.20. The van der Waals surface area contributed by atoms with Gasteiger partial charge in [0.15, 0.2) is 0 Å². The summed E-state index contributed by atoms with van der Waals surface area (Å²) in [6.45, 7) is 0.0764. The summed E-state index contributed by atoms with van der Waals surface area (Å²) >= 11 is 0. The lowest BCUT2D eigenvalue weighted by atomic mass is 10.0. The Morgan fingerprint density at radius 2 is 2.20 bits per heavy atom. The summed E-state index contributed by atoms with van der Waals surface area (Å²) < 4.78 is 0. The van der Waals surface area contributed by atoms with Crippen molar-refractivity contribution in [2.24, 2.45) is 5.92 Å². The summed E-state index contributed by atoms with van der Waals surface area (Å²) in [5.41, 5.74) is -0.251. The van der Waals surface area contributed by atoms with Crippen LogP contribution in [-0.4, -0.2) is 33.8 Å². The Morgan fingerprint density at radius 1 is 1.45 bits per heavy atom. The van der Waals surface area contributed by atoms with Crippen molar-refractivity contribution in [1.82, 2.24) is 0 Å². The predicted molar refractivity (Wildman–Crippen MR) is 71.9 cm³/mol. The van der Waals surface area contributed by atoms with Crippen molar-refractivity contribution in [3.63, 3.8) is 0 Å². The van der Waals surface area contributed by atoms with Crippen molar-refractivity contribution in [2.75, 3.05) is 11.9 Å². The second-order valence-corrected chi connectivity index (χ2v) is 4.92. The Bertz CT molecular complexity index is 531. The molecule has 1 aliphatic carbocycles. The van der Waals surface area contributed by atoms with Crippen LogP contribution in [0.4, 0.5) is 11.4 Å². The molecule has 2 rings (SSSR count). The number of nitro benzene ring substituents is 1. The lowest BCUT2D eigenvalue weighted by Crippen LogP contribution is -2.26. The number of carboxylic acids is 1. The summed E-state index contributed by atoms with van der Waals surface area (Å²) in [5, 5.41) is 32.2. The van der Waals surface area contributed by atoms with E-state index in [4.69, 9.17) is 5.11 Å². The average molecular weight is 280 g/mol. The third kappa shape index (κ3) is 2.88. The van der Waals surface area contributed by atoms with Gasteiger partial charge in [0.2, 0.25) is 0 Å². The predicted octanol–water partition coefficient (Wildman–Crippen LogP) is 1.87. The van der Waals surface area contributed by atoms with E-state index in [1.54, 1.807) is 0 Å². The summed E-state index contributed by atoms with van der Waals surface area (Å²) in [4.78, 5) is 21.1. The average Bonchev–Trinajstić information content (AvgIpc) is 2.85. The molecule has 2 atom stereocenters. The Labute approximate surface area is 115 Å². The zero-order chi connectivity index (χ0) is 14.7. The summed E-state index contributed by atoms with van der Waals surface area (Å²) in [5.74, 6) is -1.19. The van der Waals surface area contributed by atoms with Gasteiger partial charge in [-0.3, -0.25) is 10.1 Å². The SMILES string of the molecule is O=C(O)c1ccc(NC2CCCC2CO)cc1[N+](=O)[O-]. The number of aliphatic hydroxyl groups excluding tert-OH is 1. The number of carboxylic acid groups (broad SMARTS) is 1. The van der Waals surface area contributed by atoms with Crippen LogP contribution in [0.1, 0.15) is 29.6 Å². The van der Waals surface area contributed by atoms with Crippen LogP contribution >= 0.6 is 0 Å². The fourth-order valence-corrected chi connectivity index (χ4v) is 2.61. The molecule has 0 amide bonds. The minimum atomic E-state index is -1.32. The molecule has 0 saturated heterocycles. The van der Waals surface area contributed by atoms with Gasteiger partial charge in [-0.05, 0) is 25.0 Å². The first kappa shape index (κ1) is 14.3. The number of aliphatic hydroxyl groups is 1. The van der Waals surface area contributed by atoms with Crippen molar-refractivity contribution in [3.05, 3.63) is 33.9 Å². The molecule has 2 unspecified atom stereocenters. The Balaban J connectivity index is 2.23. The second kappa shape index (κ2) is 5.87. The molecular weight excluding hydrogens is 264 g/mol. The van der Waals surface area contributed by atoms with Gasteiger partial charge in [-0.1, -0.05) is 6.42 Å². The molecule has 20 heavy (non-hydrogen) atoms. The van der Waals surface area contributed by atoms with Gasteiger partial charge in [0, 0.05) is 30.3 Å². The number of aromatic carboxylic acids is 1. The molecular formula is C13H16N2O5. The molecule has 108 valence electrons. The Hall–Kier alpha value is -2.15. The zero-order valence-electron chi connectivity index (χ0n) is 10.8. The van der Waals surface area contributed by atoms with Crippen molar-refractivity contribution in [1.29, 1.82) is 0 Å². The maximum absolute atomic E-state index is 10.9. The molecule has 0 heterocycles. The van der Waals surface area contributed by atoms with Crippen molar-refractivity contribution >= 4 is 17.3 Å². The number of rotatable bonds is 5. The molecule has 1 aromatic rings. The highest BCUT2D eigenvalue weighted by atomic mass is 16.6. The van der Waals surface area contributed by atoms with Gasteiger partial charge < -0.3 is 15.5 Å². The van der Waals surface area contributed by atoms with E-state index in [0.717, 1.165) is 19.3 Å². The summed E-state index contributed by atoms with van der Waals surface area (Å²) in [6.07, 6.45) is 2.81. The van der Waals surface area contributed by atoms with E-state index >= 15 is 0 Å². The monoisotopic (exact) mass is 280 g/mol. The first-order valence-electron chi connectivity index (χ1n) is 6.42. The fourth-order valence-electron chi connectivity index (χ4n) is 2.61. The molecule has 1 aromatic carbocycles. The van der Waals surface area contributed by atoms with Crippen LogP contribution in [0, 0.1) is 16.0 Å². The number of nitrogens with zero attached hydrogens (tertiary/aromatic N) is 1. The normalized spacial score (nSPS) is 21.6. The van der Waals surface area contributed by atoms with E-state index in [0.29, 0.717) is 5.69 Å². The van der Waals surface area contributed by atoms with E-state index in [1.807, 2.05) is 0 Å². The standard InChI is InChI=1S/C13H16N2O5/c16-7-8-2-1-3-11(8)14-9-4-5-10(13(17)18)12(6-9)15(19)20/h4-6,8,11,14,16H,1-3,7H2,(H,17,18). The quantitative estimate of drug-likeness (QED) is 0.560. The molecule has 7 heteroatoms. The third-order valence-electron chi connectivity index (χ3n) is 3.67. The molecule has 1 fully saturated rings. The first-order valence-corrected chi connectivity index (χ1v) is 6.42. The minimum absolute atomic E-state index is 0.0651. The van der Waals surface area contributed by atoms with Crippen LogP contribution in [0.2, 0.25) is 0 Å². The fraction of sp³-hybridized carbons (Fsp3) is 0.462. The number of anilines is 1. The van der Waals surface area contributed by atoms with Gasteiger partial charge in [-0.2, -0.15) is 0 Å². The maximum Gasteiger partial charge on any atom is 0.342 e. The molecule has 3 N–H and O–H groups in total. The minimum Gasteiger partial charge on any atom is -0.477 e. The molecule has 0 radical (unpaired) electrons. The van der Waals surface area contributed by atoms with Gasteiger partial charge in [-0.15, -0.1) is 0 Å². The molecule has 1 aliphatic rings. The van der Waals surface area contributed by atoms with Crippen LogP contribution in [0.15, 0.2) is 18.2 Å². The van der Waals surface area contributed by atoms with E-state index in [2.05, 4.69) is 5.32 Å². The van der Waals surface area contributed by atoms with Gasteiger partial charge in [0.1, 0.15) is 5.56 Å². The number of nitro groups is 1. The second-order valence-electron chi connectivity index (χ2n) is 4.92. The number of hydrogen-bond acceptors (Lipinski definition) is 5. The molecule has 1 saturated carbocycles. The first-order chi connectivity index (χ1) is 9.52. The van der Waals surface area contributed by atoms with Crippen LogP contribution in [-0.2, 0) is 0 Å². The van der Waals surface area contributed by atoms with Crippen LogP contribution in [0.25, 0.3) is 0 Å². The van der Waals surface area contributed by atoms with E-state index in [1.165, 1.54) is 18.2 Å². The highest BCUT2D eigenvalue weighted by Gasteiger charge is 2.27.